The second-order valence-corrected chi connectivity index (χ2v) is 17.6. The van der Waals surface area contributed by atoms with Crippen molar-refractivity contribution in [1.29, 1.82) is 0 Å². The van der Waals surface area contributed by atoms with Gasteiger partial charge in [-0.15, -0.1) is 0 Å². The summed E-state index contributed by atoms with van der Waals surface area (Å²) < 4.78 is 7.09. The molecule has 14 rings (SSSR count). The molecule has 0 atom stereocenters. The van der Waals surface area contributed by atoms with E-state index >= 15 is 0 Å². The maximum absolute atomic E-state index is 5.53. The molecule has 0 N–H and O–H groups in total. The summed E-state index contributed by atoms with van der Waals surface area (Å²) in [6, 6.07) is 86.2. The molecule has 0 saturated carbocycles. The van der Waals surface area contributed by atoms with Crippen LogP contribution in [-0.2, 0) is 0 Å². The van der Waals surface area contributed by atoms with Crippen molar-refractivity contribution in [2.75, 3.05) is 0 Å². The van der Waals surface area contributed by atoms with Gasteiger partial charge in [-0.2, -0.15) is 9.97 Å². The number of benzene rings is 10. The van der Waals surface area contributed by atoms with Crippen LogP contribution in [0.1, 0.15) is 0 Å². The van der Waals surface area contributed by atoms with Crippen molar-refractivity contribution in [2.45, 2.75) is 0 Å². The molecule has 4 heterocycles. The molecular formula is C63H40N6. The number of hydrogen-bond donors (Lipinski definition) is 0. The molecule has 322 valence electrons. The molecule has 14 aromatic rings. The molecule has 0 fully saturated rings. The van der Waals surface area contributed by atoms with E-state index < -0.39 is 0 Å². The SMILES string of the molecule is c1ccc(-c2cccc(-c3nc(-c4cccc(-c5ccccc5)c4)nc(-n4c5ccc(-n6c7ccccc7c7ccccc76)cc5c5ccc6c7ccccc7n(-c7ccccc7)c6c54)n3)c2)cc1. The van der Waals surface area contributed by atoms with Gasteiger partial charge >= 0.3 is 0 Å². The van der Waals surface area contributed by atoms with Gasteiger partial charge in [0.2, 0.25) is 5.95 Å². The summed E-state index contributed by atoms with van der Waals surface area (Å²) in [5.41, 5.74) is 14.9. The van der Waals surface area contributed by atoms with Gasteiger partial charge in [0.25, 0.3) is 0 Å². The average molecular weight is 881 g/mol. The van der Waals surface area contributed by atoms with Crippen molar-refractivity contribution in [1.82, 2.24) is 28.7 Å². The maximum atomic E-state index is 5.53. The van der Waals surface area contributed by atoms with Crippen LogP contribution in [0.4, 0.5) is 0 Å². The molecule has 0 aliphatic heterocycles. The largest absolute Gasteiger partial charge is 0.309 e. The van der Waals surface area contributed by atoms with Gasteiger partial charge in [-0.05, 0) is 82.9 Å². The first-order chi connectivity index (χ1) is 34.2. The molecular weight excluding hydrogens is 841 g/mol. The summed E-state index contributed by atoms with van der Waals surface area (Å²) in [5, 5.41) is 6.96. The van der Waals surface area contributed by atoms with E-state index in [9.17, 15) is 0 Å². The number of fused-ring (bicyclic) bond motifs is 10. The van der Waals surface area contributed by atoms with Crippen molar-refractivity contribution in [2.24, 2.45) is 0 Å². The Balaban J connectivity index is 1.11. The highest BCUT2D eigenvalue weighted by atomic mass is 15.2. The fourth-order valence-electron chi connectivity index (χ4n) is 10.6. The van der Waals surface area contributed by atoms with E-state index in [0.29, 0.717) is 17.6 Å². The third-order valence-electron chi connectivity index (χ3n) is 13.7. The minimum absolute atomic E-state index is 0.534. The molecule has 6 heteroatoms. The van der Waals surface area contributed by atoms with E-state index in [4.69, 9.17) is 15.0 Å². The Bertz CT molecular complexity index is 4140. The van der Waals surface area contributed by atoms with Gasteiger partial charge in [-0.25, -0.2) is 4.98 Å². The number of rotatable bonds is 7. The van der Waals surface area contributed by atoms with Crippen molar-refractivity contribution >= 4 is 65.4 Å². The molecule has 4 aromatic heterocycles. The van der Waals surface area contributed by atoms with Crippen LogP contribution in [0.2, 0.25) is 0 Å². The predicted octanol–water partition coefficient (Wildman–Crippen LogP) is 15.8. The van der Waals surface area contributed by atoms with E-state index in [1.165, 1.54) is 16.2 Å². The Labute approximate surface area is 397 Å². The van der Waals surface area contributed by atoms with E-state index in [2.05, 4.69) is 244 Å². The minimum Gasteiger partial charge on any atom is -0.309 e. The van der Waals surface area contributed by atoms with Crippen LogP contribution < -0.4 is 0 Å². The molecule has 0 saturated heterocycles. The smallest absolute Gasteiger partial charge is 0.238 e. The molecule has 0 radical (unpaired) electrons. The summed E-state index contributed by atoms with van der Waals surface area (Å²) in [6.45, 7) is 0. The van der Waals surface area contributed by atoms with E-state index in [-0.39, 0.29) is 0 Å². The normalized spacial score (nSPS) is 11.8. The Hall–Kier alpha value is -9.39. The third-order valence-corrected chi connectivity index (χ3v) is 13.7. The highest BCUT2D eigenvalue weighted by Crippen LogP contribution is 2.43. The van der Waals surface area contributed by atoms with Crippen LogP contribution in [-0.4, -0.2) is 28.7 Å². The molecule has 0 amide bonds. The standard InChI is InChI=1S/C63H40N6/c1-4-18-41(19-5-1)43-22-16-24-45(38-43)61-64-62(46-25-17-23-44(39-46)42-20-6-2-7-21-42)66-63(65-61)69-58-37-34-48(67-55-31-13-10-28-49(55)50-29-11-14-32-56(50)67)40-54(58)53-36-35-52-51-30-12-15-33-57(51)68(59(52)60(53)69)47-26-8-3-9-27-47/h1-40H. The third kappa shape index (κ3) is 6.23. The quantitative estimate of drug-likeness (QED) is 0.160. The van der Waals surface area contributed by atoms with Crippen molar-refractivity contribution < 1.29 is 0 Å². The Kier molecular flexibility index (Phi) is 8.79. The summed E-state index contributed by atoms with van der Waals surface area (Å²) in [6.07, 6.45) is 0. The second-order valence-electron chi connectivity index (χ2n) is 17.6. The van der Waals surface area contributed by atoms with Crippen LogP contribution in [0.5, 0.6) is 0 Å². The first kappa shape index (κ1) is 38.8. The molecule has 0 spiro atoms. The van der Waals surface area contributed by atoms with Gasteiger partial charge < -0.3 is 9.13 Å². The Morgan fingerprint density at radius 1 is 0.232 bits per heavy atom. The maximum Gasteiger partial charge on any atom is 0.238 e. The molecule has 0 bridgehead atoms. The minimum atomic E-state index is 0.534. The molecule has 0 unspecified atom stereocenters. The zero-order valence-corrected chi connectivity index (χ0v) is 37.3. The van der Waals surface area contributed by atoms with Gasteiger partial charge in [-0.3, -0.25) is 4.57 Å². The van der Waals surface area contributed by atoms with Crippen molar-refractivity contribution in [3.05, 3.63) is 243 Å². The fraction of sp³-hybridized carbons (Fsp3) is 0. The van der Waals surface area contributed by atoms with E-state index in [0.717, 1.165) is 94.0 Å². The van der Waals surface area contributed by atoms with Gasteiger partial charge in [0, 0.05) is 54.8 Å². The lowest BCUT2D eigenvalue weighted by Gasteiger charge is -2.14. The fourth-order valence-corrected chi connectivity index (χ4v) is 10.6. The van der Waals surface area contributed by atoms with Gasteiger partial charge in [-0.1, -0.05) is 182 Å². The van der Waals surface area contributed by atoms with E-state index in [1.54, 1.807) is 0 Å². The lowest BCUT2D eigenvalue weighted by molar-refractivity contribution is 0.953. The Morgan fingerprint density at radius 2 is 0.652 bits per heavy atom. The number of aromatic nitrogens is 6. The van der Waals surface area contributed by atoms with Crippen LogP contribution in [0.15, 0.2) is 243 Å². The first-order valence-corrected chi connectivity index (χ1v) is 23.4. The van der Waals surface area contributed by atoms with Gasteiger partial charge in [0.15, 0.2) is 11.6 Å². The summed E-state index contributed by atoms with van der Waals surface area (Å²) >= 11 is 0. The van der Waals surface area contributed by atoms with Crippen LogP contribution >= 0.6 is 0 Å². The molecule has 0 aliphatic carbocycles. The van der Waals surface area contributed by atoms with E-state index in [1.807, 2.05) is 12.1 Å². The summed E-state index contributed by atoms with van der Waals surface area (Å²) in [7, 11) is 0. The molecule has 10 aromatic carbocycles. The van der Waals surface area contributed by atoms with Gasteiger partial charge in [0.1, 0.15) is 0 Å². The topological polar surface area (TPSA) is 53.5 Å². The second kappa shape index (κ2) is 15.6. The van der Waals surface area contributed by atoms with Crippen LogP contribution in [0, 0.1) is 0 Å². The lowest BCUT2D eigenvalue weighted by Crippen LogP contribution is -2.07. The monoisotopic (exact) mass is 880 g/mol. The highest BCUT2D eigenvalue weighted by molar-refractivity contribution is 6.24. The lowest BCUT2D eigenvalue weighted by atomic mass is 10.0. The zero-order valence-electron chi connectivity index (χ0n) is 37.3. The summed E-state index contributed by atoms with van der Waals surface area (Å²) in [4.78, 5) is 16.4. The number of para-hydroxylation sites is 4. The average Bonchev–Trinajstić information content (AvgIpc) is 4.07. The molecule has 6 nitrogen and oxygen atoms in total. The summed E-state index contributed by atoms with van der Waals surface area (Å²) in [5.74, 6) is 1.71. The zero-order chi connectivity index (χ0) is 45.4. The van der Waals surface area contributed by atoms with Gasteiger partial charge in [0.05, 0.1) is 33.1 Å². The Morgan fingerprint density at radius 3 is 1.22 bits per heavy atom. The van der Waals surface area contributed by atoms with Crippen molar-refractivity contribution in [3.63, 3.8) is 0 Å². The van der Waals surface area contributed by atoms with Crippen LogP contribution in [0.3, 0.4) is 0 Å². The van der Waals surface area contributed by atoms with Crippen molar-refractivity contribution in [3.8, 4) is 62.4 Å². The molecule has 69 heavy (non-hydrogen) atoms. The highest BCUT2D eigenvalue weighted by Gasteiger charge is 2.25. The number of nitrogens with zero attached hydrogens (tertiary/aromatic N) is 6. The molecule has 0 aliphatic rings. The number of hydrogen-bond acceptors (Lipinski definition) is 3. The first-order valence-electron chi connectivity index (χ1n) is 23.4. The van der Waals surface area contributed by atoms with Crippen LogP contribution in [0.25, 0.3) is 128 Å². The predicted molar refractivity (Wildman–Crippen MR) is 285 cm³/mol.